The highest BCUT2D eigenvalue weighted by atomic mass is 16.2. The van der Waals surface area contributed by atoms with Crippen molar-refractivity contribution in [2.24, 2.45) is 29.6 Å². The second-order valence-electron chi connectivity index (χ2n) is 9.44. The van der Waals surface area contributed by atoms with E-state index in [0.29, 0.717) is 0 Å². The van der Waals surface area contributed by atoms with E-state index < -0.39 is 0 Å². The van der Waals surface area contributed by atoms with Crippen molar-refractivity contribution in [2.75, 3.05) is 13.1 Å². The number of carbonyl (C=O) groups is 2. The van der Waals surface area contributed by atoms with Gasteiger partial charge in [0.25, 0.3) is 0 Å². The molecule has 5 fully saturated rings. The van der Waals surface area contributed by atoms with E-state index in [0.717, 1.165) is 43.7 Å². The molecule has 0 radical (unpaired) electrons. The van der Waals surface area contributed by atoms with E-state index >= 15 is 0 Å². The fraction of sp³-hybridized carbons (Fsp3) is 0.900. The fourth-order valence-electron chi connectivity index (χ4n) is 6.35. The van der Waals surface area contributed by atoms with Crippen LogP contribution in [0, 0.1) is 29.6 Å². The van der Waals surface area contributed by atoms with Crippen molar-refractivity contribution in [3.05, 3.63) is 0 Å². The summed E-state index contributed by atoms with van der Waals surface area (Å²) in [5, 5.41) is 3.52. The molecule has 0 unspecified atom stereocenters. The SMILES string of the molecule is CC(C)C(=O)N1CCC(C(=O)NC23CC4CC(CC(C4)C2)C3)CC1. The summed E-state index contributed by atoms with van der Waals surface area (Å²) in [6.07, 6.45) is 9.54. The van der Waals surface area contributed by atoms with Crippen molar-refractivity contribution < 1.29 is 9.59 Å². The van der Waals surface area contributed by atoms with E-state index in [1.54, 1.807) is 0 Å². The Labute approximate surface area is 145 Å². The highest BCUT2D eigenvalue weighted by Crippen LogP contribution is 2.55. The van der Waals surface area contributed by atoms with Gasteiger partial charge in [-0.05, 0) is 69.1 Å². The molecule has 0 atom stereocenters. The van der Waals surface area contributed by atoms with E-state index in [1.165, 1.54) is 38.5 Å². The van der Waals surface area contributed by atoms with Gasteiger partial charge in [0.1, 0.15) is 0 Å². The van der Waals surface area contributed by atoms with Gasteiger partial charge in [-0.3, -0.25) is 9.59 Å². The first-order chi connectivity index (χ1) is 11.4. The van der Waals surface area contributed by atoms with Gasteiger partial charge in [-0.15, -0.1) is 0 Å². The maximum absolute atomic E-state index is 12.9. The van der Waals surface area contributed by atoms with Gasteiger partial charge in [-0.2, -0.15) is 0 Å². The molecule has 0 spiro atoms. The number of rotatable bonds is 3. The van der Waals surface area contributed by atoms with Crippen molar-refractivity contribution in [2.45, 2.75) is 70.8 Å². The largest absolute Gasteiger partial charge is 0.350 e. The smallest absolute Gasteiger partial charge is 0.225 e. The second kappa shape index (κ2) is 6.03. The monoisotopic (exact) mass is 332 g/mol. The Kier molecular flexibility index (Phi) is 4.12. The summed E-state index contributed by atoms with van der Waals surface area (Å²) in [4.78, 5) is 26.9. The minimum Gasteiger partial charge on any atom is -0.350 e. The Morgan fingerprint density at radius 2 is 1.46 bits per heavy atom. The molecule has 4 bridgehead atoms. The van der Waals surface area contributed by atoms with Crippen LogP contribution in [0.5, 0.6) is 0 Å². The van der Waals surface area contributed by atoms with E-state index in [-0.39, 0.29) is 29.2 Å². The molecule has 1 N–H and O–H groups in total. The van der Waals surface area contributed by atoms with E-state index in [2.05, 4.69) is 5.32 Å². The van der Waals surface area contributed by atoms with Crippen LogP contribution in [0.15, 0.2) is 0 Å². The van der Waals surface area contributed by atoms with E-state index in [1.807, 2.05) is 18.7 Å². The molecule has 24 heavy (non-hydrogen) atoms. The molecule has 4 aliphatic carbocycles. The molecule has 5 rings (SSSR count). The van der Waals surface area contributed by atoms with Gasteiger partial charge in [0.15, 0.2) is 0 Å². The lowest BCUT2D eigenvalue weighted by Gasteiger charge is -2.57. The Hall–Kier alpha value is -1.06. The third-order valence-electron chi connectivity index (χ3n) is 7.10. The van der Waals surface area contributed by atoms with Crippen LogP contribution in [0.1, 0.15) is 65.2 Å². The number of amides is 2. The van der Waals surface area contributed by atoms with Crippen molar-refractivity contribution >= 4 is 11.8 Å². The maximum atomic E-state index is 12.9. The molecule has 1 aliphatic heterocycles. The lowest BCUT2D eigenvalue weighted by molar-refractivity contribution is -0.139. The van der Waals surface area contributed by atoms with Crippen molar-refractivity contribution in [3.63, 3.8) is 0 Å². The highest BCUT2D eigenvalue weighted by Gasteiger charge is 2.51. The zero-order valence-electron chi connectivity index (χ0n) is 15.2. The molecule has 2 amide bonds. The van der Waals surface area contributed by atoms with Crippen molar-refractivity contribution in [3.8, 4) is 0 Å². The zero-order chi connectivity index (χ0) is 16.9. The van der Waals surface area contributed by atoms with Crippen LogP contribution in [-0.2, 0) is 9.59 Å². The molecule has 0 aromatic carbocycles. The molecule has 4 saturated carbocycles. The first kappa shape index (κ1) is 16.4. The number of hydrogen-bond donors (Lipinski definition) is 1. The van der Waals surface area contributed by atoms with Crippen LogP contribution < -0.4 is 5.32 Å². The summed E-state index contributed by atoms with van der Waals surface area (Å²) in [6.45, 7) is 5.40. The van der Waals surface area contributed by atoms with Gasteiger partial charge < -0.3 is 10.2 Å². The molecular weight excluding hydrogens is 300 g/mol. The van der Waals surface area contributed by atoms with Gasteiger partial charge in [-0.25, -0.2) is 0 Å². The summed E-state index contributed by atoms with van der Waals surface area (Å²) in [5.74, 6) is 3.26. The summed E-state index contributed by atoms with van der Waals surface area (Å²) >= 11 is 0. The Morgan fingerprint density at radius 1 is 0.958 bits per heavy atom. The highest BCUT2D eigenvalue weighted by molar-refractivity contribution is 5.81. The average molecular weight is 332 g/mol. The third-order valence-corrected chi connectivity index (χ3v) is 7.10. The number of carbonyl (C=O) groups excluding carboxylic acids is 2. The van der Waals surface area contributed by atoms with Crippen LogP contribution >= 0.6 is 0 Å². The molecule has 4 nitrogen and oxygen atoms in total. The summed E-state index contributed by atoms with van der Waals surface area (Å²) in [7, 11) is 0. The van der Waals surface area contributed by atoms with Gasteiger partial charge in [-0.1, -0.05) is 13.8 Å². The van der Waals surface area contributed by atoms with E-state index in [4.69, 9.17) is 0 Å². The summed E-state index contributed by atoms with van der Waals surface area (Å²) in [6, 6.07) is 0. The van der Waals surface area contributed by atoms with Gasteiger partial charge >= 0.3 is 0 Å². The van der Waals surface area contributed by atoms with Crippen LogP contribution in [0.3, 0.4) is 0 Å². The number of piperidine rings is 1. The predicted octanol–water partition coefficient (Wildman–Crippen LogP) is 2.97. The van der Waals surface area contributed by atoms with Crippen LogP contribution in [0.25, 0.3) is 0 Å². The Bertz CT molecular complexity index is 484. The van der Waals surface area contributed by atoms with Gasteiger partial charge in [0.2, 0.25) is 11.8 Å². The molecule has 0 aromatic heterocycles. The predicted molar refractivity (Wildman–Crippen MR) is 93.2 cm³/mol. The van der Waals surface area contributed by atoms with Crippen molar-refractivity contribution in [1.29, 1.82) is 0 Å². The standard InChI is InChI=1S/C20H32N2O2/c1-13(2)19(24)22-5-3-17(4-6-22)18(23)21-20-10-14-7-15(11-20)9-16(8-14)12-20/h13-17H,3-12H2,1-2H3,(H,21,23). The van der Waals surface area contributed by atoms with Gasteiger partial charge in [0, 0.05) is 30.5 Å². The summed E-state index contributed by atoms with van der Waals surface area (Å²) in [5.41, 5.74) is 0.122. The van der Waals surface area contributed by atoms with E-state index in [9.17, 15) is 9.59 Å². The number of hydrogen-bond acceptors (Lipinski definition) is 2. The minimum atomic E-state index is 0.0578. The lowest BCUT2D eigenvalue weighted by Crippen LogP contribution is -2.61. The first-order valence-electron chi connectivity index (χ1n) is 10.0. The topological polar surface area (TPSA) is 49.4 Å². The lowest BCUT2D eigenvalue weighted by atomic mass is 9.53. The molecule has 1 saturated heterocycles. The Morgan fingerprint density at radius 3 is 1.92 bits per heavy atom. The van der Waals surface area contributed by atoms with Crippen LogP contribution in [-0.4, -0.2) is 35.3 Å². The fourth-order valence-corrected chi connectivity index (χ4v) is 6.35. The zero-order valence-corrected chi connectivity index (χ0v) is 15.2. The molecule has 5 aliphatic rings. The molecule has 1 heterocycles. The van der Waals surface area contributed by atoms with Crippen molar-refractivity contribution in [1.82, 2.24) is 10.2 Å². The Balaban J connectivity index is 1.34. The number of likely N-dealkylation sites (tertiary alicyclic amines) is 1. The van der Waals surface area contributed by atoms with Crippen LogP contribution in [0.2, 0.25) is 0 Å². The number of nitrogens with one attached hydrogen (secondary N) is 1. The minimum absolute atomic E-state index is 0.0578. The van der Waals surface area contributed by atoms with Crippen LogP contribution in [0.4, 0.5) is 0 Å². The van der Waals surface area contributed by atoms with Gasteiger partial charge in [0.05, 0.1) is 0 Å². The molecule has 4 heteroatoms. The third kappa shape index (κ3) is 2.97. The molecule has 134 valence electrons. The average Bonchev–Trinajstić information content (AvgIpc) is 2.52. The normalized spacial score (nSPS) is 38.6. The maximum Gasteiger partial charge on any atom is 0.225 e. The quantitative estimate of drug-likeness (QED) is 0.864. The number of nitrogens with zero attached hydrogens (tertiary/aromatic N) is 1. The summed E-state index contributed by atoms with van der Waals surface area (Å²) < 4.78 is 0. The molecule has 0 aromatic rings. The first-order valence-corrected chi connectivity index (χ1v) is 10.0. The molecular formula is C20H32N2O2. The second-order valence-corrected chi connectivity index (χ2v) is 9.44.